The van der Waals surface area contributed by atoms with Gasteiger partial charge in [-0.1, -0.05) is 49.7 Å². The molecule has 0 saturated carbocycles. The molecule has 0 N–H and O–H groups in total. The lowest BCUT2D eigenvalue weighted by atomic mass is 9.80. The molecule has 2 aromatic carbocycles. The van der Waals surface area contributed by atoms with Gasteiger partial charge in [-0.25, -0.2) is 4.79 Å². The molecule has 23 heavy (non-hydrogen) atoms. The van der Waals surface area contributed by atoms with E-state index in [0.29, 0.717) is 5.56 Å². The van der Waals surface area contributed by atoms with Crippen molar-refractivity contribution in [2.24, 2.45) is 0 Å². The number of thioether (sulfide) groups is 1. The monoisotopic (exact) mass is 322 g/mol. The van der Waals surface area contributed by atoms with Crippen LogP contribution in [0.5, 0.6) is 0 Å². The first-order valence-corrected chi connectivity index (χ1v) is 8.41. The Balaban J connectivity index is 1.82. The lowest BCUT2D eigenvalue weighted by Crippen LogP contribution is -2.31. The molecule has 3 heteroatoms. The van der Waals surface area contributed by atoms with Crippen LogP contribution < -0.4 is 0 Å². The summed E-state index contributed by atoms with van der Waals surface area (Å²) in [6.45, 7) is 4.32. The molecule has 1 aliphatic heterocycles. The Morgan fingerprint density at radius 3 is 2.70 bits per heavy atom. The molecule has 0 amide bonds. The van der Waals surface area contributed by atoms with Gasteiger partial charge in [0.2, 0.25) is 0 Å². The molecule has 1 aliphatic rings. The van der Waals surface area contributed by atoms with E-state index in [9.17, 15) is 4.79 Å². The summed E-state index contributed by atoms with van der Waals surface area (Å²) in [7, 11) is 0. The zero-order valence-electron chi connectivity index (χ0n) is 13.2. The van der Waals surface area contributed by atoms with Crippen molar-refractivity contribution in [1.29, 1.82) is 0 Å². The molecule has 0 aliphatic carbocycles. The number of hydrogen-bond donors (Lipinski definition) is 0. The fourth-order valence-electron chi connectivity index (χ4n) is 2.79. The number of hydrogen-bond acceptors (Lipinski definition) is 3. The van der Waals surface area contributed by atoms with Crippen molar-refractivity contribution in [3.05, 3.63) is 65.2 Å². The maximum Gasteiger partial charge on any atom is 0.339 e. The summed E-state index contributed by atoms with van der Waals surface area (Å²) in [6, 6.07) is 15.1. The second kappa shape index (κ2) is 6.14. The second-order valence-corrected chi connectivity index (χ2v) is 7.46. The lowest BCUT2D eigenvalue weighted by Gasteiger charge is -2.36. The molecule has 3 rings (SSSR count). The van der Waals surface area contributed by atoms with E-state index in [2.05, 4.69) is 25.8 Å². The Kier molecular flexibility index (Phi) is 4.19. The summed E-state index contributed by atoms with van der Waals surface area (Å²) >= 11 is 1.59. The summed E-state index contributed by atoms with van der Waals surface area (Å²) < 4.78 is 5.71. The van der Waals surface area contributed by atoms with Gasteiger partial charge in [0.25, 0.3) is 0 Å². The van der Waals surface area contributed by atoms with Crippen LogP contribution in [0.3, 0.4) is 0 Å². The zero-order valence-corrected chi connectivity index (χ0v) is 14.0. The van der Waals surface area contributed by atoms with Gasteiger partial charge in [-0.05, 0) is 41.3 Å². The first-order chi connectivity index (χ1) is 11.0. The summed E-state index contributed by atoms with van der Waals surface area (Å²) in [5.74, 6) is 2.41. The second-order valence-electron chi connectivity index (χ2n) is 6.26. The van der Waals surface area contributed by atoms with Crippen molar-refractivity contribution < 1.29 is 9.53 Å². The first-order valence-electron chi connectivity index (χ1n) is 7.53. The predicted octanol–water partition coefficient (Wildman–Crippen LogP) is 4.62. The highest BCUT2D eigenvalue weighted by atomic mass is 32.2. The molecule has 116 valence electrons. The third kappa shape index (κ3) is 3.28. The molecule has 0 fully saturated rings. The molecule has 2 aromatic rings. The van der Waals surface area contributed by atoms with E-state index in [1.54, 1.807) is 23.9 Å². The SMILES string of the molecule is C#Cc1ccc2c(c1)C(C)(C)CC(OC(=O)c1ccccc1)S2. The smallest absolute Gasteiger partial charge is 0.339 e. The van der Waals surface area contributed by atoms with Crippen LogP contribution in [0.25, 0.3) is 0 Å². The van der Waals surface area contributed by atoms with Crippen LogP contribution in [0, 0.1) is 12.3 Å². The summed E-state index contributed by atoms with van der Waals surface area (Å²) in [6.07, 6.45) is 6.26. The number of rotatable bonds is 2. The highest BCUT2D eigenvalue weighted by molar-refractivity contribution is 7.99. The minimum atomic E-state index is -0.275. The van der Waals surface area contributed by atoms with Crippen molar-refractivity contribution in [1.82, 2.24) is 0 Å². The number of terminal acetylenes is 1. The van der Waals surface area contributed by atoms with Gasteiger partial charge in [-0.3, -0.25) is 0 Å². The van der Waals surface area contributed by atoms with Crippen LogP contribution in [0.15, 0.2) is 53.4 Å². The van der Waals surface area contributed by atoms with E-state index in [1.807, 2.05) is 30.3 Å². The minimum absolute atomic E-state index is 0.0882. The van der Waals surface area contributed by atoms with Crippen LogP contribution in [-0.2, 0) is 10.2 Å². The Morgan fingerprint density at radius 2 is 2.00 bits per heavy atom. The largest absolute Gasteiger partial charge is 0.447 e. The molecule has 1 unspecified atom stereocenters. The van der Waals surface area contributed by atoms with E-state index in [0.717, 1.165) is 16.9 Å². The molecule has 1 heterocycles. The molecule has 2 nitrogen and oxygen atoms in total. The zero-order chi connectivity index (χ0) is 16.4. The maximum absolute atomic E-state index is 12.3. The van der Waals surface area contributed by atoms with Gasteiger partial charge in [-0.15, -0.1) is 6.42 Å². The molecular weight excluding hydrogens is 304 g/mol. The molecule has 0 saturated heterocycles. The Bertz CT molecular complexity index is 772. The number of carbonyl (C=O) groups is 1. The third-order valence-electron chi connectivity index (χ3n) is 4.06. The Labute approximate surface area is 141 Å². The molecule has 0 radical (unpaired) electrons. The van der Waals surface area contributed by atoms with Crippen LogP contribution in [-0.4, -0.2) is 11.4 Å². The van der Waals surface area contributed by atoms with Crippen molar-refractivity contribution in [2.75, 3.05) is 0 Å². The van der Waals surface area contributed by atoms with Gasteiger partial charge in [0.15, 0.2) is 5.44 Å². The highest BCUT2D eigenvalue weighted by Gasteiger charge is 2.35. The fourth-order valence-corrected chi connectivity index (χ4v) is 4.32. The molecule has 1 atom stereocenters. The molecule has 0 spiro atoms. The average Bonchev–Trinajstić information content (AvgIpc) is 2.55. The van der Waals surface area contributed by atoms with Gasteiger partial charge < -0.3 is 4.74 Å². The summed E-state index contributed by atoms with van der Waals surface area (Å²) in [5.41, 5.74) is 2.41. The molecular formula is C20H18O2S. The molecule has 0 bridgehead atoms. The third-order valence-corrected chi connectivity index (χ3v) is 5.19. The van der Waals surface area contributed by atoms with Gasteiger partial charge in [-0.2, -0.15) is 0 Å². The number of esters is 1. The van der Waals surface area contributed by atoms with Crippen LogP contribution in [0.2, 0.25) is 0 Å². The maximum atomic E-state index is 12.3. The van der Waals surface area contributed by atoms with Crippen molar-refractivity contribution in [2.45, 2.75) is 36.0 Å². The van der Waals surface area contributed by atoms with E-state index >= 15 is 0 Å². The summed E-state index contributed by atoms with van der Waals surface area (Å²) in [5, 5.41) is 0. The van der Waals surface area contributed by atoms with E-state index in [4.69, 9.17) is 11.2 Å². The standard InChI is InChI=1S/C20H18O2S/c1-4-14-10-11-17-16(12-14)20(2,3)13-18(23-17)22-19(21)15-8-6-5-7-9-15/h1,5-12,18H,13H2,2-3H3. The quantitative estimate of drug-likeness (QED) is 0.596. The average molecular weight is 322 g/mol. The van der Waals surface area contributed by atoms with Crippen molar-refractivity contribution >= 4 is 17.7 Å². The van der Waals surface area contributed by atoms with Gasteiger partial charge >= 0.3 is 5.97 Å². The fraction of sp³-hybridized carbons (Fsp3) is 0.250. The molecule has 0 aromatic heterocycles. The Hall–Kier alpha value is -2.18. The predicted molar refractivity (Wildman–Crippen MR) is 93.5 cm³/mol. The minimum Gasteiger partial charge on any atom is -0.447 e. The lowest BCUT2D eigenvalue weighted by molar-refractivity contribution is 0.0416. The topological polar surface area (TPSA) is 26.3 Å². The number of fused-ring (bicyclic) bond motifs is 1. The van der Waals surface area contributed by atoms with E-state index < -0.39 is 0 Å². The van der Waals surface area contributed by atoms with Crippen molar-refractivity contribution in [3.8, 4) is 12.3 Å². The Morgan fingerprint density at radius 1 is 1.26 bits per heavy atom. The van der Waals surface area contributed by atoms with Crippen LogP contribution in [0.4, 0.5) is 0 Å². The van der Waals surface area contributed by atoms with Crippen molar-refractivity contribution in [3.63, 3.8) is 0 Å². The van der Waals surface area contributed by atoms with E-state index in [1.165, 1.54) is 5.56 Å². The number of ether oxygens (including phenoxy) is 1. The van der Waals surface area contributed by atoms with Gasteiger partial charge in [0.05, 0.1) is 5.56 Å². The van der Waals surface area contributed by atoms with Gasteiger partial charge in [0.1, 0.15) is 0 Å². The number of carbonyl (C=O) groups excluding carboxylic acids is 1. The van der Waals surface area contributed by atoms with Crippen LogP contribution >= 0.6 is 11.8 Å². The highest BCUT2D eigenvalue weighted by Crippen LogP contribution is 2.46. The first kappa shape index (κ1) is 15.7. The van der Waals surface area contributed by atoms with Gasteiger partial charge in [0, 0.05) is 16.9 Å². The normalized spacial score (nSPS) is 18.6. The summed E-state index contributed by atoms with van der Waals surface area (Å²) in [4.78, 5) is 13.4. The number of benzene rings is 2. The van der Waals surface area contributed by atoms with E-state index in [-0.39, 0.29) is 16.8 Å². The van der Waals surface area contributed by atoms with Crippen LogP contribution in [0.1, 0.15) is 41.8 Å².